The Hall–Kier alpha value is -1.02. The molecule has 0 bridgehead atoms. The van der Waals surface area contributed by atoms with Gasteiger partial charge >= 0.3 is 0 Å². The van der Waals surface area contributed by atoms with Gasteiger partial charge in [0.1, 0.15) is 5.75 Å². The first-order valence-corrected chi connectivity index (χ1v) is 6.60. The van der Waals surface area contributed by atoms with Crippen LogP contribution in [0.4, 0.5) is 0 Å². The highest BCUT2D eigenvalue weighted by molar-refractivity contribution is 5.29. The second-order valence-electron chi connectivity index (χ2n) is 5.46. The fourth-order valence-electron chi connectivity index (χ4n) is 3.62. The van der Waals surface area contributed by atoms with Crippen molar-refractivity contribution in [3.05, 3.63) is 29.8 Å². The molecular formula is C15H20O2. The predicted octanol–water partition coefficient (Wildman–Crippen LogP) is 2.64. The Labute approximate surface area is 103 Å². The molecule has 1 aromatic carbocycles. The Morgan fingerprint density at radius 1 is 1.35 bits per heavy atom. The largest absolute Gasteiger partial charge is 0.497 e. The molecular weight excluding hydrogens is 212 g/mol. The van der Waals surface area contributed by atoms with Gasteiger partial charge in [-0.2, -0.15) is 0 Å². The minimum Gasteiger partial charge on any atom is -0.497 e. The van der Waals surface area contributed by atoms with Gasteiger partial charge in [0.2, 0.25) is 0 Å². The maximum atomic E-state index is 10.3. The van der Waals surface area contributed by atoms with Crippen molar-refractivity contribution >= 4 is 0 Å². The number of benzene rings is 1. The monoisotopic (exact) mass is 232 g/mol. The standard InChI is InChI=1S/C15H20O2/c1-17-11-5-2-4-10(8-11)9-14(16)15-12-6-3-7-13(12)15/h2,4-5,8,12-16H,3,6-7,9H2,1H3. The lowest BCUT2D eigenvalue weighted by molar-refractivity contribution is 0.135. The molecule has 1 N–H and O–H groups in total. The van der Waals surface area contributed by atoms with Crippen LogP contribution >= 0.6 is 0 Å². The molecule has 0 aromatic heterocycles. The lowest BCUT2D eigenvalue weighted by atomic mass is 9.99. The number of fused-ring (bicyclic) bond motifs is 1. The van der Waals surface area contributed by atoms with Gasteiger partial charge in [-0.15, -0.1) is 0 Å². The van der Waals surface area contributed by atoms with Crippen LogP contribution < -0.4 is 4.74 Å². The van der Waals surface area contributed by atoms with Crippen molar-refractivity contribution in [3.63, 3.8) is 0 Å². The average molecular weight is 232 g/mol. The van der Waals surface area contributed by atoms with Gasteiger partial charge < -0.3 is 9.84 Å². The Morgan fingerprint density at radius 2 is 2.12 bits per heavy atom. The van der Waals surface area contributed by atoms with E-state index in [4.69, 9.17) is 4.74 Å². The molecule has 0 saturated heterocycles. The van der Waals surface area contributed by atoms with Gasteiger partial charge in [-0.1, -0.05) is 18.6 Å². The summed E-state index contributed by atoms with van der Waals surface area (Å²) < 4.78 is 5.21. The summed E-state index contributed by atoms with van der Waals surface area (Å²) in [6.07, 6.45) is 4.67. The molecule has 3 unspecified atom stereocenters. The third kappa shape index (κ3) is 2.06. The predicted molar refractivity (Wildman–Crippen MR) is 67.0 cm³/mol. The van der Waals surface area contributed by atoms with Crippen LogP contribution in [0.25, 0.3) is 0 Å². The fraction of sp³-hybridized carbons (Fsp3) is 0.600. The normalized spacial score (nSPS) is 32.0. The molecule has 3 rings (SSSR count). The van der Waals surface area contributed by atoms with Crippen LogP contribution in [0.5, 0.6) is 5.75 Å². The molecule has 17 heavy (non-hydrogen) atoms. The molecule has 2 fully saturated rings. The van der Waals surface area contributed by atoms with E-state index >= 15 is 0 Å². The minimum absolute atomic E-state index is 0.155. The summed E-state index contributed by atoms with van der Waals surface area (Å²) in [4.78, 5) is 0. The first-order valence-electron chi connectivity index (χ1n) is 6.60. The van der Waals surface area contributed by atoms with E-state index in [0.717, 1.165) is 24.0 Å². The first-order chi connectivity index (χ1) is 8.29. The Kier molecular flexibility index (Phi) is 2.83. The number of hydrogen-bond acceptors (Lipinski definition) is 2. The maximum Gasteiger partial charge on any atom is 0.119 e. The number of methoxy groups -OCH3 is 1. The van der Waals surface area contributed by atoms with Crippen molar-refractivity contribution < 1.29 is 9.84 Å². The van der Waals surface area contributed by atoms with Crippen molar-refractivity contribution in [2.24, 2.45) is 17.8 Å². The second-order valence-corrected chi connectivity index (χ2v) is 5.46. The van der Waals surface area contributed by atoms with Gasteiger partial charge in [-0.05, 0) is 54.7 Å². The van der Waals surface area contributed by atoms with E-state index in [1.807, 2.05) is 18.2 Å². The highest BCUT2D eigenvalue weighted by atomic mass is 16.5. The summed E-state index contributed by atoms with van der Waals surface area (Å²) in [5.41, 5.74) is 1.18. The number of rotatable bonds is 4. The number of aliphatic hydroxyl groups excluding tert-OH is 1. The van der Waals surface area contributed by atoms with Crippen molar-refractivity contribution in [2.75, 3.05) is 7.11 Å². The van der Waals surface area contributed by atoms with Crippen LogP contribution in [-0.4, -0.2) is 18.3 Å². The van der Waals surface area contributed by atoms with Crippen LogP contribution in [0.15, 0.2) is 24.3 Å². The van der Waals surface area contributed by atoms with Gasteiger partial charge in [0.15, 0.2) is 0 Å². The van der Waals surface area contributed by atoms with E-state index in [0.29, 0.717) is 5.92 Å². The van der Waals surface area contributed by atoms with Crippen molar-refractivity contribution in [1.29, 1.82) is 0 Å². The molecule has 2 heteroatoms. The van der Waals surface area contributed by atoms with E-state index in [2.05, 4.69) is 6.07 Å². The average Bonchev–Trinajstić information content (AvgIpc) is 2.84. The van der Waals surface area contributed by atoms with Gasteiger partial charge in [-0.3, -0.25) is 0 Å². The van der Waals surface area contributed by atoms with Crippen molar-refractivity contribution in [3.8, 4) is 5.75 Å². The lowest BCUT2D eigenvalue weighted by Crippen LogP contribution is -2.16. The topological polar surface area (TPSA) is 29.5 Å². The van der Waals surface area contributed by atoms with Gasteiger partial charge in [0.25, 0.3) is 0 Å². The Bertz CT molecular complexity index is 392. The quantitative estimate of drug-likeness (QED) is 0.864. The molecule has 2 aliphatic rings. The van der Waals surface area contributed by atoms with E-state index in [1.165, 1.54) is 24.8 Å². The van der Waals surface area contributed by atoms with E-state index in [-0.39, 0.29) is 6.10 Å². The number of ether oxygens (including phenoxy) is 1. The van der Waals surface area contributed by atoms with E-state index in [1.54, 1.807) is 7.11 Å². The Morgan fingerprint density at radius 3 is 2.82 bits per heavy atom. The maximum absolute atomic E-state index is 10.3. The number of hydrogen-bond donors (Lipinski definition) is 1. The van der Waals surface area contributed by atoms with Gasteiger partial charge in [-0.25, -0.2) is 0 Å². The van der Waals surface area contributed by atoms with Crippen LogP contribution in [0, 0.1) is 17.8 Å². The molecule has 2 aliphatic carbocycles. The number of aliphatic hydroxyl groups is 1. The summed E-state index contributed by atoms with van der Waals surface area (Å²) in [5, 5.41) is 10.3. The van der Waals surface area contributed by atoms with Crippen LogP contribution in [-0.2, 0) is 6.42 Å². The minimum atomic E-state index is -0.155. The molecule has 0 radical (unpaired) electrons. The van der Waals surface area contributed by atoms with Gasteiger partial charge in [0.05, 0.1) is 13.2 Å². The van der Waals surface area contributed by atoms with Crippen LogP contribution in [0.1, 0.15) is 24.8 Å². The second kappa shape index (κ2) is 4.34. The SMILES string of the molecule is COc1cccc(CC(O)C2C3CCCC32)c1. The summed E-state index contributed by atoms with van der Waals surface area (Å²) in [6.45, 7) is 0. The van der Waals surface area contributed by atoms with Crippen molar-refractivity contribution in [1.82, 2.24) is 0 Å². The molecule has 0 spiro atoms. The zero-order chi connectivity index (χ0) is 11.8. The fourth-order valence-corrected chi connectivity index (χ4v) is 3.62. The molecule has 0 aliphatic heterocycles. The van der Waals surface area contributed by atoms with Gasteiger partial charge in [0, 0.05) is 0 Å². The highest BCUT2D eigenvalue weighted by Crippen LogP contribution is 2.59. The molecule has 1 aromatic rings. The first kappa shape index (κ1) is 11.1. The molecule has 2 saturated carbocycles. The third-order valence-corrected chi connectivity index (χ3v) is 4.50. The smallest absolute Gasteiger partial charge is 0.119 e. The molecule has 92 valence electrons. The third-order valence-electron chi connectivity index (χ3n) is 4.50. The Balaban J connectivity index is 1.62. The van der Waals surface area contributed by atoms with E-state index in [9.17, 15) is 5.11 Å². The summed E-state index contributed by atoms with van der Waals surface area (Å²) in [6, 6.07) is 8.04. The highest BCUT2D eigenvalue weighted by Gasteiger charge is 2.55. The zero-order valence-electron chi connectivity index (χ0n) is 10.3. The molecule has 0 heterocycles. The summed E-state index contributed by atoms with van der Waals surface area (Å²) >= 11 is 0. The molecule has 2 nitrogen and oxygen atoms in total. The van der Waals surface area contributed by atoms with Crippen LogP contribution in [0.3, 0.4) is 0 Å². The summed E-state index contributed by atoms with van der Waals surface area (Å²) in [7, 11) is 1.68. The lowest BCUT2D eigenvalue weighted by Gasteiger charge is -2.13. The van der Waals surface area contributed by atoms with E-state index < -0.39 is 0 Å². The van der Waals surface area contributed by atoms with Crippen molar-refractivity contribution in [2.45, 2.75) is 31.8 Å². The molecule has 0 amide bonds. The zero-order valence-corrected chi connectivity index (χ0v) is 10.3. The van der Waals surface area contributed by atoms with Crippen LogP contribution in [0.2, 0.25) is 0 Å². The molecule has 3 atom stereocenters. The summed E-state index contributed by atoms with van der Waals surface area (Å²) in [5.74, 6) is 3.12.